The highest BCUT2D eigenvalue weighted by Gasteiger charge is 2.36. The van der Waals surface area contributed by atoms with Gasteiger partial charge < -0.3 is 14.6 Å². The second-order valence-corrected chi connectivity index (χ2v) is 4.88. The molecule has 0 aliphatic heterocycles. The Balaban J connectivity index is 2.91. The number of likely N-dealkylation sites (N-methyl/N-ethyl adjacent to an activating group) is 1. The maximum absolute atomic E-state index is 6.10. The van der Waals surface area contributed by atoms with E-state index in [9.17, 15) is 0 Å². The van der Waals surface area contributed by atoms with E-state index in [-0.39, 0.29) is 11.6 Å². The highest BCUT2D eigenvalue weighted by atomic mass is 16.5. The van der Waals surface area contributed by atoms with E-state index >= 15 is 0 Å². The van der Waals surface area contributed by atoms with Crippen molar-refractivity contribution in [3.63, 3.8) is 0 Å². The molecule has 1 atom stereocenters. The van der Waals surface area contributed by atoms with Crippen molar-refractivity contribution >= 4 is 0 Å². The van der Waals surface area contributed by atoms with Crippen LogP contribution < -0.4 is 5.32 Å². The molecule has 4 nitrogen and oxygen atoms in total. The minimum absolute atomic E-state index is 0.103. The van der Waals surface area contributed by atoms with Crippen LogP contribution in [0.15, 0.2) is 12.4 Å². The largest absolute Gasteiger partial charge is 0.374 e. The molecule has 1 N–H and O–H groups in total. The Morgan fingerprint density at radius 3 is 2.47 bits per heavy atom. The fourth-order valence-electron chi connectivity index (χ4n) is 2.89. The zero-order chi connectivity index (χ0) is 14.3. The molecule has 0 aliphatic rings. The number of hydrogen-bond donors (Lipinski definition) is 1. The van der Waals surface area contributed by atoms with Crippen molar-refractivity contribution in [1.29, 1.82) is 0 Å². The summed E-state index contributed by atoms with van der Waals surface area (Å²) in [4.78, 5) is 4.48. The second kappa shape index (κ2) is 7.65. The molecule has 4 heteroatoms. The predicted octanol–water partition coefficient (Wildman–Crippen LogP) is 2.63. The van der Waals surface area contributed by atoms with Gasteiger partial charge in [-0.3, -0.25) is 0 Å². The van der Waals surface area contributed by atoms with E-state index in [1.807, 2.05) is 19.4 Å². The molecule has 0 aromatic carbocycles. The highest BCUT2D eigenvalue weighted by Crippen LogP contribution is 2.27. The highest BCUT2D eigenvalue weighted by molar-refractivity contribution is 5.01. The molecule has 0 saturated carbocycles. The van der Waals surface area contributed by atoms with Gasteiger partial charge in [-0.1, -0.05) is 13.8 Å². The maximum Gasteiger partial charge on any atom is 0.110 e. The maximum atomic E-state index is 6.10. The number of aryl methyl sites for hydroxylation is 1. The lowest BCUT2D eigenvalue weighted by atomic mass is 9.86. The Labute approximate surface area is 117 Å². The fraction of sp³-hybridized carbons (Fsp3) is 0.800. The van der Waals surface area contributed by atoms with Crippen LogP contribution >= 0.6 is 0 Å². The van der Waals surface area contributed by atoms with Crippen molar-refractivity contribution in [2.45, 2.75) is 65.1 Å². The topological polar surface area (TPSA) is 39.1 Å². The molecule has 1 unspecified atom stereocenters. The van der Waals surface area contributed by atoms with Crippen LogP contribution in [0.3, 0.4) is 0 Å². The average Bonchev–Trinajstić information content (AvgIpc) is 2.89. The molecule has 19 heavy (non-hydrogen) atoms. The van der Waals surface area contributed by atoms with Gasteiger partial charge in [0.1, 0.15) is 5.82 Å². The van der Waals surface area contributed by atoms with Crippen LogP contribution in [0, 0.1) is 0 Å². The van der Waals surface area contributed by atoms with Crippen molar-refractivity contribution in [3.05, 3.63) is 18.2 Å². The second-order valence-electron chi connectivity index (χ2n) is 4.88. The van der Waals surface area contributed by atoms with E-state index < -0.39 is 0 Å². The number of rotatable bonds is 9. The van der Waals surface area contributed by atoms with E-state index in [1.54, 1.807) is 0 Å². The number of nitrogens with zero attached hydrogens (tertiary/aromatic N) is 2. The van der Waals surface area contributed by atoms with Gasteiger partial charge in [-0.15, -0.1) is 0 Å². The SMILES string of the molecule is CCOC(CC)(CC)C(Cc1nccn1CC)NC. The lowest BCUT2D eigenvalue weighted by Crippen LogP contribution is -2.52. The summed E-state index contributed by atoms with van der Waals surface area (Å²) in [5.41, 5.74) is -0.103. The fourth-order valence-corrected chi connectivity index (χ4v) is 2.89. The van der Waals surface area contributed by atoms with Crippen molar-refractivity contribution < 1.29 is 4.74 Å². The van der Waals surface area contributed by atoms with Gasteiger partial charge in [0, 0.05) is 38.0 Å². The first kappa shape index (κ1) is 16.2. The van der Waals surface area contributed by atoms with E-state index in [2.05, 4.69) is 42.6 Å². The first-order chi connectivity index (χ1) is 9.17. The number of imidazole rings is 1. The molecule has 110 valence electrons. The summed E-state index contributed by atoms with van der Waals surface area (Å²) >= 11 is 0. The van der Waals surface area contributed by atoms with E-state index in [4.69, 9.17) is 4.74 Å². The first-order valence-corrected chi connectivity index (χ1v) is 7.48. The predicted molar refractivity (Wildman–Crippen MR) is 79.4 cm³/mol. The van der Waals surface area contributed by atoms with Gasteiger partial charge in [0.05, 0.1) is 5.60 Å². The Morgan fingerprint density at radius 1 is 1.32 bits per heavy atom. The van der Waals surface area contributed by atoms with Crippen molar-refractivity contribution in [2.24, 2.45) is 0 Å². The van der Waals surface area contributed by atoms with Crippen LogP contribution in [0.2, 0.25) is 0 Å². The summed E-state index contributed by atoms with van der Waals surface area (Å²) in [6.45, 7) is 10.3. The third-order valence-electron chi connectivity index (χ3n) is 4.14. The zero-order valence-electron chi connectivity index (χ0n) is 13.1. The molecule has 1 rings (SSSR count). The smallest absolute Gasteiger partial charge is 0.110 e. The van der Waals surface area contributed by atoms with E-state index in [0.29, 0.717) is 0 Å². The number of aromatic nitrogens is 2. The van der Waals surface area contributed by atoms with Gasteiger partial charge in [0.2, 0.25) is 0 Å². The summed E-state index contributed by atoms with van der Waals surface area (Å²) in [7, 11) is 2.02. The molecule has 1 aromatic heterocycles. The lowest BCUT2D eigenvalue weighted by Gasteiger charge is -2.39. The van der Waals surface area contributed by atoms with Gasteiger partial charge in [-0.05, 0) is 33.7 Å². The third kappa shape index (κ3) is 3.57. The molecule has 0 fully saturated rings. The van der Waals surface area contributed by atoms with Crippen molar-refractivity contribution in [1.82, 2.24) is 14.9 Å². The Bertz CT molecular complexity index is 358. The molecule has 0 saturated heterocycles. The number of hydrogen-bond acceptors (Lipinski definition) is 3. The van der Waals surface area contributed by atoms with Gasteiger partial charge in [-0.2, -0.15) is 0 Å². The molecule has 0 bridgehead atoms. The molecular weight excluding hydrogens is 238 g/mol. The van der Waals surface area contributed by atoms with Crippen LogP contribution in [-0.4, -0.2) is 34.8 Å². The van der Waals surface area contributed by atoms with Gasteiger partial charge >= 0.3 is 0 Å². The monoisotopic (exact) mass is 267 g/mol. The minimum Gasteiger partial charge on any atom is -0.374 e. The summed E-state index contributed by atoms with van der Waals surface area (Å²) in [5, 5.41) is 3.44. The Hall–Kier alpha value is -0.870. The third-order valence-corrected chi connectivity index (χ3v) is 4.14. The quantitative estimate of drug-likeness (QED) is 0.747. The summed E-state index contributed by atoms with van der Waals surface area (Å²) in [5.74, 6) is 1.13. The van der Waals surface area contributed by atoms with E-state index in [1.165, 1.54) is 0 Å². The normalized spacial score (nSPS) is 13.7. The molecule has 0 amide bonds. The lowest BCUT2D eigenvalue weighted by molar-refractivity contribution is -0.0708. The van der Waals surface area contributed by atoms with Crippen LogP contribution in [-0.2, 0) is 17.7 Å². The standard InChI is InChI=1S/C15H29N3O/c1-6-15(7-2,19-9-4)13(16-5)12-14-17-10-11-18(14)8-3/h10-11,13,16H,6-9,12H2,1-5H3. The molecule has 1 aromatic rings. The van der Waals surface area contributed by atoms with Crippen LogP contribution in [0.1, 0.15) is 46.4 Å². The number of nitrogens with one attached hydrogen (secondary N) is 1. The van der Waals surface area contributed by atoms with Crippen molar-refractivity contribution in [3.8, 4) is 0 Å². The molecule has 0 radical (unpaired) electrons. The van der Waals surface area contributed by atoms with Gasteiger partial charge in [0.15, 0.2) is 0 Å². The van der Waals surface area contributed by atoms with Gasteiger partial charge in [0.25, 0.3) is 0 Å². The summed E-state index contributed by atoms with van der Waals surface area (Å²) < 4.78 is 8.30. The molecular formula is C15H29N3O. The first-order valence-electron chi connectivity index (χ1n) is 7.48. The average molecular weight is 267 g/mol. The zero-order valence-corrected chi connectivity index (χ0v) is 13.1. The summed E-state index contributed by atoms with van der Waals surface area (Å²) in [6, 6.07) is 0.287. The molecule has 0 aliphatic carbocycles. The number of ether oxygens (including phenoxy) is 1. The Kier molecular flexibility index (Phi) is 6.52. The minimum atomic E-state index is -0.103. The molecule has 1 heterocycles. The van der Waals surface area contributed by atoms with Crippen molar-refractivity contribution in [2.75, 3.05) is 13.7 Å². The molecule has 0 spiro atoms. The van der Waals surface area contributed by atoms with Crippen LogP contribution in [0.5, 0.6) is 0 Å². The Morgan fingerprint density at radius 2 is 2.00 bits per heavy atom. The van der Waals surface area contributed by atoms with Gasteiger partial charge in [-0.25, -0.2) is 4.98 Å². The summed E-state index contributed by atoms with van der Waals surface area (Å²) in [6.07, 6.45) is 6.85. The van der Waals surface area contributed by atoms with Crippen LogP contribution in [0.4, 0.5) is 0 Å². The van der Waals surface area contributed by atoms with E-state index in [0.717, 1.165) is 38.2 Å². The van der Waals surface area contributed by atoms with Crippen LogP contribution in [0.25, 0.3) is 0 Å².